The van der Waals surface area contributed by atoms with Crippen molar-refractivity contribution in [2.45, 2.75) is 23.8 Å². The van der Waals surface area contributed by atoms with E-state index in [-0.39, 0.29) is 0 Å². The second-order valence-electron chi connectivity index (χ2n) is 3.85. The third-order valence-electron chi connectivity index (χ3n) is 2.47. The third-order valence-corrected chi connectivity index (χ3v) is 3.56. The summed E-state index contributed by atoms with van der Waals surface area (Å²) in [5.41, 5.74) is 2.16. The van der Waals surface area contributed by atoms with Gasteiger partial charge in [0.1, 0.15) is 5.03 Å². The maximum atomic E-state index is 9.65. The Morgan fingerprint density at radius 3 is 2.65 bits per heavy atom. The van der Waals surface area contributed by atoms with Gasteiger partial charge in [-0.15, -0.1) is 11.8 Å². The molecule has 1 unspecified atom stereocenters. The molecule has 0 aliphatic carbocycles. The molecule has 0 aliphatic heterocycles. The molecule has 2 nitrogen and oxygen atoms in total. The molecule has 0 saturated heterocycles. The molecule has 0 aliphatic rings. The zero-order chi connectivity index (χ0) is 12.1. The number of hydrogen-bond acceptors (Lipinski definition) is 3. The fourth-order valence-corrected chi connectivity index (χ4v) is 2.60. The lowest BCUT2D eigenvalue weighted by Crippen LogP contribution is -1.96. The Morgan fingerprint density at radius 2 is 1.94 bits per heavy atom. The lowest BCUT2D eigenvalue weighted by Gasteiger charge is -2.09. The van der Waals surface area contributed by atoms with Gasteiger partial charge < -0.3 is 5.11 Å². The number of aromatic nitrogens is 1. The van der Waals surface area contributed by atoms with E-state index in [1.54, 1.807) is 24.9 Å². The van der Waals surface area contributed by atoms with Gasteiger partial charge in [-0.25, -0.2) is 4.98 Å². The van der Waals surface area contributed by atoms with E-state index >= 15 is 0 Å². The van der Waals surface area contributed by atoms with Crippen molar-refractivity contribution >= 4 is 11.8 Å². The molecule has 1 aromatic carbocycles. The van der Waals surface area contributed by atoms with Gasteiger partial charge >= 0.3 is 0 Å². The summed E-state index contributed by atoms with van der Waals surface area (Å²) in [5.74, 6) is 0.873. The molecular formula is C14H15NOS. The largest absolute Gasteiger partial charge is 0.389 e. The number of hydrogen-bond donors (Lipinski definition) is 1. The van der Waals surface area contributed by atoms with E-state index in [1.165, 1.54) is 5.56 Å². The topological polar surface area (TPSA) is 33.1 Å². The van der Waals surface area contributed by atoms with Crippen LogP contribution in [0.2, 0.25) is 0 Å². The fraction of sp³-hybridized carbons (Fsp3) is 0.214. The van der Waals surface area contributed by atoms with E-state index in [2.05, 4.69) is 17.1 Å². The number of rotatable bonds is 4. The average Bonchev–Trinajstić information content (AvgIpc) is 2.38. The number of pyridine rings is 1. The van der Waals surface area contributed by atoms with Gasteiger partial charge in [0.25, 0.3) is 0 Å². The molecule has 0 fully saturated rings. The van der Waals surface area contributed by atoms with Crippen LogP contribution in [0, 0.1) is 0 Å². The van der Waals surface area contributed by atoms with Crippen LogP contribution in [0.15, 0.2) is 53.7 Å². The maximum absolute atomic E-state index is 9.65. The van der Waals surface area contributed by atoms with Crippen LogP contribution >= 0.6 is 11.8 Å². The molecule has 3 heteroatoms. The normalized spacial score (nSPS) is 12.4. The minimum atomic E-state index is -0.470. The Hall–Kier alpha value is -1.32. The minimum Gasteiger partial charge on any atom is -0.389 e. The molecule has 0 saturated carbocycles. The van der Waals surface area contributed by atoms with Crippen LogP contribution in [0.1, 0.15) is 24.2 Å². The van der Waals surface area contributed by atoms with E-state index in [9.17, 15) is 5.11 Å². The molecule has 2 rings (SSSR count). The zero-order valence-electron chi connectivity index (χ0n) is 9.71. The number of nitrogens with zero attached hydrogens (tertiary/aromatic N) is 1. The Morgan fingerprint density at radius 1 is 1.18 bits per heavy atom. The van der Waals surface area contributed by atoms with Gasteiger partial charge in [0.05, 0.1) is 6.10 Å². The molecule has 17 heavy (non-hydrogen) atoms. The first-order chi connectivity index (χ1) is 8.27. The summed E-state index contributed by atoms with van der Waals surface area (Å²) < 4.78 is 0. The van der Waals surface area contributed by atoms with Gasteiger partial charge in [0.15, 0.2) is 0 Å². The van der Waals surface area contributed by atoms with Crippen molar-refractivity contribution < 1.29 is 5.11 Å². The van der Waals surface area contributed by atoms with Crippen LogP contribution in [0.25, 0.3) is 0 Å². The lowest BCUT2D eigenvalue weighted by molar-refractivity contribution is 0.195. The van der Waals surface area contributed by atoms with Crippen molar-refractivity contribution in [1.29, 1.82) is 0 Å². The van der Waals surface area contributed by atoms with Gasteiger partial charge in [-0.2, -0.15) is 0 Å². The molecular weight excluding hydrogens is 230 g/mol. The van der Waals surface area contributed by atoms with Crippen LogP contribution < -0.4 is 0 Å². The van der Waals surface area contributed by atoms with E-state index < -0.39 is 6.10 Å². The highest BCUT2D eigenvalue weighted by atomic mass is 32.2. The summed E-state index contributed by atoms with van der Waals surface area (Å²) in [7, 11) is 0. The molecule has 1 heterocycles. The van der Waals surface area contributed by atoms with Gasteiger partial charge in [-0.3, -0.25) is 0 Å². The summed E-state index contributed by atoms with van der Waals surface area (Å²) in [4.78, 5) is 4.32. The standard InChI is InChI=1S/C14H15NOS/c1-11(16)13-8-5-9-15-14(13)17-10-12-6-3-2-4-7-12/h2-9,11,16H,10H2,1H3. The predicted molar refractivity (Wildman–Crippen MR) is 70.9 cm³/mol. The minimum absolute atomic E-state index is 0.470. The quantitative estimate of drug-likeness (QED) is 0.838. The van der Waals surface area contributed by atoms with Crippen LogP contribution in [-0.4, -0.2) is 10.1 Å². The smallest absolute Gasteiger partial charge is 0.102 e. The molecule has 0 spiro atoms. The first-order valence-corrected chi connectivity index (χ1v) is 6.55. The number of aliphatic hydroxyl groups excluding tert-OH is 1. The summed E-state index contributed by atoms with van der Waals surface area (Å²) >= 11 is 1.66. The number of aliphatic hydroxyl groups is 1. The van der Waals surface area contributed by atoms with Crippen LogP contribution in [0.5, 0.6) is 0 Å². The number of thioether (sulfide) groups is 1. The summed E-state index contributed by atoms with van der Waals surface area (Å²) in [6.07, 6.45) is 1.29. The van der Waals surface area contributed by atoms with Crippen molar-refractivity contribution in [3.05, 3.63) is 59.8 Å². The highest BCUT2D eigenvalue weighted by Gasteiger charge is 2.08. The Bertz CT molecular complexity index is 471. The van der Waals surface area contributed by atoms with Crippen LogP contribution in [0.3, 0.4) is 0 Å². The molecule has 2 aromatic rings. The van der Waals surface area contributed by atoms with Crippen molar-refractivity contribution in [3.8, 4) is 0 Å². The second kappa shape index (κ2) is 5.84. The van der Waals surface area contributed by atoms with Crippen molar-refractivity contribution in [2.24, 2.45) is 0 Å². The Kier molecular flexibility index (Phi) is 4.18. The maximum Gasteiger partial charge on any atom is 0.102 e. The predicted octanol–water partition coefficient (Wildman–Crippen LogP) is 3.43. The SMILES string of the molecule is CC(O)c1cccnc1SCc1ccccc1. The summed E-state index contributed by atoms with van der Waals surface area (Å²) in [6, 6.07) is 14.0. The number of benzene rings is 1. The van der Waals surface area contributed by atoms with Gasteiger partial charge in [0, 0.05) is 17.5 Å². The third kappa shape index (κ3) is 3.32. The highest BCUT2D eigenvalue weighted by molar-refractivity contribution is 7.98. The van der Waals surface area contributed by atoms with Crippen LogP contribution in [0.4, 0.5) is 0 Å². The van der Waals surface area contributed by atoms with E-state index in [1.807, 2.05) is 30.3 Å². The zero-order valence-corrected chi connectivity index (χ0v) is 10.5. The Balaban J connectivity index is 2.09. The van der Waals surface area contributed by atoms with Crippen molar-refractivity contribution in [3.63, 3.8) is 0 Å². The monoisotopic (exact) mass is 245 g/mol. The molecule has 0 bridgehead atoms. The highest BCUT2D eigenvalue weighted by Crippen LogP contribution is 2.27. The van der Waals surface area contributed by atoms with Crippen molar-refractivity contribution in [1.82, 2.24) is 4.98 Å². The van der Waals surface area contributed by atoms with Crippen molar-refractivity contribution in [2.75, 3.05) is 0 Å². The van der Waals surface area contributed by atoms with Gasteiger partial charge in [0.2, 0.25) is 0 Å². The molecule has 1 atom stereocenters. The molecule has 0 amide bonds. The van der Waals surface area contributed by atoms with E-state index in [0.29, 0.717) is 0 Å². The van der Waals surface area contributed by atoms with Gasteiger partial charge in [-0.05, 0) is 18.6 Å². The fourth-order valence-electron chi connectivity index (χ4n) is 1.57. The van der Waals surface area contributed by atoms with Crippen LogP contribution in [-0.2, 0) is 5.75 Å². The summed E-state index contributed by atoms with van der Waals surface area (Å²) in [6.45, 7) is 1.77. The Labute approximate surface area is 106 Å². The first kappa shape index (κ1) is 12.1. The van der Waals surface area contributed by atoms with E-state index in [4.69, 9.17) is 0 Å². The molecule has 1 aromatic heterocycles. The molecule has 0 radical (unpaired) electrons. The molecule has 1 N–H and O–H groups in total. The van der Waals surface area contributed by atoms with Gasteiger partial charge in [-0.1, -0.05) is 36.4 Å². The lowest BCUT2D eigenvalue weighted by atomic mass is 10.2. The van der Waals surface area contributed by atoms with E-state index in [0.717, 1.165) is 16.3 Å². The molecule has 88 valence electrons. The first-order valence-electron chi connectivity index (χ1n) is 5.57. The summed E-state index contributed by atoms with van der Waals surface area (Å²) in [5, 5.41) is 10.6. The second-order valence-corrected chi connectivity index (χ2v) is 4.81. The average molecular weight is 245 g/mol.